The highest BCUT2D eigenvalue weighted by molar-refractivity contribution is 5.83. The van der Waals surface area contributed by atoms with Crippen LogP contribution in [0.25, 0.3) is 0 Å². The van der Waals surface area contributed by atoms with E-state index in [0.29, 0.717) is 32.1 Å². The van der Waals surface area contributed by atoms with Crippen LogP contribution in [0, 0.1) is 23.5 Å². The quantitative estimate of drug-likeness (QED) is 0.862. The first-order valence-electron chi connectivity index (χ1n) is 7.86. The van der Waals surface area contributed by atoms with Crippen LogP contribution in [0.4, 0.5) is 14.7 Å². The van der Waals surface area contributed by atoms with Crippen molar-refractivity contribution in [3.05, 3.63) is 53.9 Å². The van der Waals surface area contributed by atoms with E-state index >= 15 is 0 Å². The van der Waals surface area contributed by atoms with Gasteiger partial charge in [0.1, 0.15) is 5.82 Å². The lowest BCUT2D eigenvalue weighted by atomic mass is 10.0. The van der Waals surface area contributed by atoms with Gasteiger partial charge in [0.05, 0.1) is 18.3 Å². The van der Waals surface area contributed by atoms with E-state index in [9.17, 15) is 13.6 Å². The van der Waals surface area contributed by atoms with Gasteiger partial charge >= 0.3 is 0 Å². The predicted octanol–water partition coefficient (Wildman–Crippen LogP) is 1.85. The summed E-state index contributed by atoms with van der Waals surface area (Å²) in [5.41, 5.74) is 0.794. The van der Waals surface area contributed by atoms with Gasteiger partial charge in [0.15, 0.2) is 5.82 Å². The van der Waals surface area contributed by atoms with Crippen molar-refractivity contribution in [1.82, 2.24) is 14.9 Å². The van der Waals surface area contributed by atoms with Crippen LogP contribution < -0.4 is 4.90 Å². The number of aromatic nitrogens is 2. The van der Waals surface area contributed by atoms with Gasteiger partial charge < -0.3 is 9.80 Å². The fourth-order valence-electron chi connectivity index (χ4n) is 3.57. The third-order valence-electron chi connectivity index (χ3n) is 4.68. The van der Waals surface area contributed by atoms with Crippen molar-refractivity contribution in [2.45, 2.75) is 6.54 Å². The Labute approximate surface area is 137 Å². The number of anilines is 1. The van der Waals surface area contributed by atoms with E-state index in [2.05, 4.69) is 9.97 Å². The maximum Gasteiger partial charge on any atom is 0.228 e. The molecule has 24 heavy (non-hydrogen) atoms. The molecule has 0 spiro atoms. The summed E-state index contributed by atoms with van der Waals surface area (Å²) in [6, 6.07) is 6.33. The normalized spacial score (nSPS) is 23.0. The zero-order chi connectivity index (χ0) is 16.7. The van der Waals surface area contributed by atoms with Crippen molar-refractivity contribution in [1.29, 1.82) is 0 Å². The molecule has 2 aromatic rings. The van der Waals surface area contributed by atoms with E-state index < -0.39 is 5.82 Å². The van der Waals surface area contributed by atoms with Crippen LogP contribution in [-0.2, 0) is 11.3 Å². The van der Waals surface area contributed by atoms with Crippen LogP contribution in [0.1, 0.15) is 5.56 Å². The molecule has 2 fully saturated rings. The van der Waals surface area contributed by atoms with Gasteiger partial charge in [-0.1, -0.05) is 12.1 Å². The lowest BCUT2D eigenvalue weighted by Crippen LogP contribution is -2.33. The molecule has 1 amide bonds. The number of nitrogens with zero attached hydrogens (tertiary/aromatic N) is 4. The van der Waals surface area contributed by atoms with Gasteiger partial charge in [-0.2, -0.15) is 0 Å². The molecule has 1 aromatic carbocycles. The van der Waals surface area contributed by atoms with Crippen molar-refractivity contribution in [2.75, 3.05) is 24.5 Å². The molecule has 0 aliphatic carbocycles. The third-order valence-corrected chi connectivity index (χ3v) is 4.68. The molecule has 5 nitrogen and oxygen atoms in total. The van der Waals surface area contributed by atoms with E-state index in [1.54, 1.807) is 11.0 Å². The van der Waals surface area contributed by atoms with Crippen molar-refractivity contribution in [3.63, 3.8) is 0 Å². The minimum absolute atomic E-state index is 0.0777. The molecule has 0 saturated carbocycles. The third kappa shape index (κ3) is 2.70. The molecule has 0 radical (unpaired) electrons. The first kappa shape index (κ1) is 15.0. The molecule has 4 rings (SSSR count). The Kier molecular flexibility index (Phi) is 3.63. The topological polar surface area (TPSA) is 49.3 Å². The van der Waals surface area contributed by atoms with Crippen LogP contribution in [-0.4, -0.2) is 40.4 Å². The summed E-state index contributed by atoms with van der Waals surface area (Å²) in [7, 11) is 0. The fraction of sp³-hybridized carbons (Fsp3) is 0.353. The molecule has 0 bridgehead atoms. The number of amides is 1. The zero-order valence-corrected chi connectivity index (χ0v) is 12.9. The second kappa shape index (κ2) is 5.81. The number of carbonyl (C=O) groups excluding carboxylic acids is 1. The SMILES string of the molecule is O=C1[C@H]2CN(c3ncc(F)cn3)C[C@H]2CN1Cc1cccc(F)c1. The van der Waals surface area contributed by atoms with Gasteiger partial charge in [0.25, 0.3) is 0 Å². The predicted molar refractivity (Wildman–Crippen MR) is 83.0 cm³/mol. The van der Waals surface area contributed by atoms with E-state index in [0.717, 1.165) is 18.0 Å². The number of benzene rings is 1. The summed E-state index contributed by atoms with van der Waals surface area (Å²) in [6.07, 6.45) is 2.27. The highest BCUT2D eigenvalue weighted by atomic mass is 19.1. The molecule has 2 aliphatic heterocycles. The summed E-state index contributed by atoms with van der Waals surface area (Å²) in [5.74, 6) is -0.148. The Bertz CT molecular complexity index is 767. The molecular weight excluding hydrogens is 314 g/mol. The van der Waals surface area contributed by atoms with Crippen LogP contribution in [0.5, 0.6) is 0 Å². The summed E-state index contributed by atoms with van der Waals surface area (Å²) in [4.78, 5) is 24.3. The van der Waals surface area contributed by atoms with Crippen LogP contribution in [0.15, 0.2) is 36.7 Å². The van der Waals surface area contributed by atoms with Crippen molar-refractivity contribution in [2.24, 2.45) is 11.8 Å². The Morgan fingerprint density at radius 1 is 1.08 bits per heavy atom. The van der Waals surface area contributed by atoms with Crippen molar-refractivity contribution in [3.8, 4) is 0 Å². The lowest BCUT2D eigenvalue weighted by molar-refractivity contribution is -0.131. The molecule has 124 valence electrons. The van der Waals surface area contributed by atoms with Gasteiger partial charge in [-0.3, -0.25) is 4.79 Å². The minimum Gasteiger partial charge on any atom is -0.340 e. The van der Waals surface area contributed by atoms with Gasteiger partial charge in [-0.15, -0.1) is 0 Å². The van der Waals surface area contributed by atoms with Gasteiger partial charge in [0.2, 0.25) is 11.9 Å². The summed E-state index contributed by atoms with van der Waals surface area (Å²) >= 11 is 0. The number of fused-ring (bicyclic) bond motifs is 1. The molecule has 2 aliphatic rings. The Morgan fingerprint density at radius 2 is 1.88 bits per heavy atom. The minimum atomic E-state index is -0.476. The Morgan fingerprint density at radius 3 is 2.58 bits per heavy atom. The molecule has 0 unspecified atom stereocenters. The first-order chi connectivity index (χ1) is 11.6. The van der Waals surface area contributed by atoms with E-state index in [1.807, 2.05) is 11.0 Å². The highest BCUT2D eigenvalue weighted by Crippen LogP contribution is 2.34. The number of rotatable bonds is 3. The maximum absolute atomic E-state index is 13.3. The first-order valence-corrected chi connectivity index (χ1v) is 7.86. The highest BCUT2D eigenvalue weighted by Gasteiger charge is 2.46. The molecule has 1 aromatic heterocycles. The molecule has 3 heterocycles. The molecule has 7 heteroatoms. The number of hydrogen-bond acceptors (Lipinski definition) is 4. The Balaban J connectivity index is 1.44. The second-order valence-corrected chi connectivity index (χ2v) is 6.32. The molecule has 2 saturated heterocycles. The number of carbonyl (C=O) groups is 1. The van der Waals surface area contributed by atoms with Gasteiger partial charge in [-0.25, -0.2) is 18.7 Å². The van der Waals surface area contributed by atoms with Gasteiger partial charge in [-0.05, 0) is 17.7 Å². The number of hydrogen-bond donors (Lipinski definition) is 0. The molecular formula is C17H16F2N4O. The zero-order valence-electron chi connectivity index (χ0n) is 12.9. The van der Waals surface area contributed by atoms with Gasteiger partial charge in [0, 0.05) is 32.1 Å². The number of halogens is 2. The fourth-order valence-corrected chi connectivity index (χ4v) is 3.57. The van der Waals surface area contributed by atoms with Crippen molar-refractivity contribution >= 4 is 11.9 Å². The van der Waals surface area contributed by atoms with E-state index in [1.165, 1.54) is 12.1 Å². The molecule has 0 N–H and O–H groups in total. The average Bonchev–Trinajstić information content (AvgIpc) is 3.09. The average molecular weight is 330 g/mol. The summed E-state index contributed by atoms with van der Waals surface area (Å²) in [6.45, 7) is 2.27. The standard InChI is InChI=1S/C17H16F2N4O/c18-13-3-1-2-11(4-13)7-22-8-12-9-23(10-15(12)16(22)24)17-20-5-14(19)6-21-17/h1-6,12,15H,7-10H2/t12-,15+/m1/s1. The van der Waals surface area contributed by atoms with E-state index in [-0.39, 0.29) is 23.6 Å². The maximum atomic E-state index is 13.3. The van der Waals surface area contributed by atoms with Crippen molar-refractivity contribution < 1.29 is 13.6 Å². The molecule has 2 atom stereocenters. The number of likely N-dealkylation sites (tertiary alicyclic amines) is 1. The van der Waals surface area contributed by atoms with Crippen LogP contribution >= 0.6 is 0 Å². The van der Waals surface area contributed by atoms with Crippen LogP contribution in [0.3, 0.4) is 0 Å². The second-order valence-electron chi connectivity index (χ2n) is 6.32. The van der Waals surface area contributed by atoms with Crippen LogP contribution in [0.2, 0.25) is 0 Å². The smallest absolute Gasteiger partial charge is 0.228 e. The monoisotopic (exact) mass is 330 g/mol. The largest absolute Gasteiger partial charge is 0.340 e. The Hall–Kier alpha value is -2.57. The summed E-state index contributed by atoms with van der Waals surface area (Å²) < 4.78 is 26.2. The van der Waals surface area contributed by atoms with E-state index in [4.69, 9.17) is 0 Å². The summed E-state index contributed by atoms with van der Waals surface area (Å²) in [5, 5.41) is 0. The lowest BCUT2D eigenvalue weighted by Gasteiger charge is -2.21.